The van der Waals surface area contributed by atoms with Gasteiger partial charge in [-0.3, -0.25) is 0 Å². The molecular weight excluding hydrogens is 234 g/mol. The van der Waals surface area contributed by atoms with Crippen LogP contribution in [0.25, 0.3) is 0 Å². The van der Waals surface area contributed by atoms with Gasteiger partial charge >= 0.3 is 12.1 Å². The van der Waals surface area contributed by atoms with E-state index in [0.29, 0.717) is 19.6 Å². The normalized spacial score (nSPS) is 11.7. The van der Waals surface area contributed by atoms with E-state index in [1.807, 2.05) is 20.8 Å². The van der Waals surface area contributed by atoms with Gasteiger partial charge < -0.3 is 14.8 Å². The second kappa shape index (κ2) is 10.9. The first-order chi connectivity index (χ1) is 8.65. The molecule has 0 aliphatic carbocycles. The zero-order valence-electron chi connectivity index (χ0n) is 11.7. The predicted octanol–water partition coefficient (Wildman–Crippen LogP) is 2.63. The van der Waals surface area contributed by atoms with Crippen LogP contribution in [-0.2, 0) is 14.3 Å². The number of rotatable bonds is 9. The Morgan fingerprint density at radius 3 is 2.17 bits per heavy atom. The molecule has 1 amide bonds. The summed E-state index contributed by atoms with van der Waals surface area (Å²) in [6, 6.07) is -0.596. The molecule has 0 aliphatic rings. The van der Waals surface area contributed by atoms with Gasteiger partial charge in [0.25, 0.3) is 0 Å². The van der Waals surface area contributed by atoms with Crippen LogP contribution in [0.3, 0.4) is 0 Å². The maximum Gasteiger partial charge on any atom is 0.407 e. The van der Waals surface area contributed by atoms with E-state index >= 15 is 0 Å². The van der Waals surface area contributed by atoms with Crippen molar-refractivity contribution in [3.63, 3.8) is 0 Å². The van der Waals surface area contributed by atoms with Crippen LogP contribution in [0.15, 0.2) is 0 Å². The molecule has 106 valence electrons. The van der Waals surface area contributed by atoms with Crippen molar-refractivity contribution in [1.29, 1.82) is 0 Å². The van der Waals surface area contributed by atoms with Crippen molar-refractivity contribution in [3.05, 3.63) is 0 Å². The van der Waals surface area contributed by atoms with Gasteiger partial charge in [0.2, 0.25) is 0 Å². The summed E-state index contributed by atoms with van der Waals surface area (Å²) in [6.07, 6.45) is 3.38. The van der Waals surface area contributed by atoms with Crippen LogP contribution < -0.4 is 5.32 Å². The van der Waals surface area contributed by atoms with Crippen molar-refractivity contribution in [1.82, 2.24) is 5.32 Å². The van der Waals surface area contributed by atoms with Crippen LogP contribution in [0.2, 0.25) is 0 Å². The highest BCUT2D eigenvalue weighted by Crippen LogP contribution is 2.04. The van der Waals surface area contributed by atoms with E-state index in [9.17, 15) is 9.59 Å². The van der Waals surface area contributed by atoms with Crippen LogP contribution in [0.5, 0.6) is 0 Å². The molecule has 0 aromatic heterocycles. The molecule has 18 heavy (non-hydrogen) atoms. The molecular formula is C13H25NO4. The number of ether oxygens (including phenoxy) is 2. The summed E-state index contributed by atoms with van der Waals surface area (Å²) in [5.74, 6) is -0.376. The van der Waals surface area contributed by atoms with Crippen molar-refractivity contribution >= 4 is 12.1 Å². The second-order valence-electron chi connectivity index (χ2n) is 4.14. The number of alkyl carbamates (subject to hydrolysis) is 1. The largest absolute Gasteiger partial charge is 0.464 e. The molecule has 0 heterocycles. The Morgan fingerprint density at radius 1 is 1.00 bits per heavy atom. The van der Waals surface area contributed by atoms with Gasteiger partial charge in [0.15, 0.2) is 0 Å². The standard InChI is InChI=1S/C13H25NO4/c1-4-7-8-11(12(15)17-9-5-2)14-13(16)18-10-6-3/h11H,4-10H2,1-3H3,(H,14,16). The molecule has 0 saturated heterocycles. The maximum atomic E-state index is 11.7. The van der Waals surface area contributed by atoms with Crippen molar-refractivity contribution < 1.29 is 19.1 Å². The van der Waals surface area contributed by atoms with E-state index in [1.165, 1.54) is 0 Å². The highest BCUT2D eigenvalue weighted by atomic mass is 16.6. The summed E-state index contributed by atoms with van der Waals surface area (Å²) in [5, 5.41) is 2.56. The van der Waals surface area contributed by atoms with Crippen LogP contribution in [0.1, 0.15) is 52.9 Å². The third kappa shape index (κ3) is 7.92. The number of unbranched alkanes of at least 4 members (excludes halogenated alkanes) is 1. The second-order valence-corrected chi connectivity index (χ2v) is 4.14. The van der Waals surface area contributed by atoms with Gasteiger partial charge in [-0.05, 0) is 19.3 Å². The molecule has 0 aromatic carbocycles. The Hall–Kier alpha value is -1.26. The average Bonchev–Trinajstić information content (AvgIpc) is 2.38. The molecule has 0 fully saturated rings. The SMILES string of the molecule is CCCCC(NC(=O)OCCC)C(=O)OCCC. The molecule has 0 aliphatic heterocycles. The number of hydrogen-bond acceptors (Lipinski definition) is 4. The smallest absolute Gasteiger partial charge is 0.407 e. The lowest BCUT2D eigenvalue weighted by Gasteiger charge is -2.17. The number of hydrogen-bond donors (Lipinski definition) is 1. The van der Waals surface area contributed by atoms with Crippen LogP contribution in [-0.4, -0.2) is 31.3 Å². The third-order valence-corrected chi connectivity index (χ3v) is 2.31. The van der Waals surface area contributed by atoms with E-state index in [2.05, 4.69) is 5.32 Å². The number of carbonyl (C=O) groups is 2. The van der Waals surface area contributed by atoms with Gasteiger partial charge in [-0.15, -0.1) is 0 Å². The summed E-state index contributed by atoms with van der Waals surface area (Å²) >= 11 is 0. The molecule has 0 spiro atoms. The molecule has 1 atom stereocenters. The number of carbonyl (C=O) groups excluding carboxylic acids is 2. The Labute approximate surface area is 109 Å². The van der Waals surface area contributed by atoms with Gasteiger partial charge in [0.1, 0.15) is 6.04 Å². The fourth-order valence-corrected chi connectivity index (χ4v) is 1.34. The van der Waals surface area contributed by atoms with Crippen LogP contribution in [0.4, 0.5) is 4.79 Å². The summed E-state index contributed by atoms with van der Waals surface area (Å²) in [7, 11) is 0. The fourth-order valence-electron chi connectivity index (χ4n) is 1.34. The zero-order chi connectivity index (χ0) is 13.8. The molecule has 1 unspecified atom stereocenters. The molecule has 0 aromatic rings. The van der Waals surface area contributed by atoms with Crippen molar-refractivity contribution in [2.24, 2.45) is 0 Å². The van der Waals surface area contributed by atoms with Gasteiger partial charge in [-0.2, -0.15) is 0 Å². The first-order valence-corrected chi connectivity index (χ1v) is 6.75. The third-order valence-electron chi connectivity index (χ3n) is 2.31. The minimum atomic E-state index is -0.596. The van der Waals surface area contributed by atoms with Gasteiger partial charge in [-0.1, -0.05) is 33.6 Å². The van der Waals surface area contributed by atoms with E-state index in [-0.39, 0.29) is 5.97 Å². The van der Waals surface area contributed by atoms with E-state index in [4.69, 9.17) is 9.47 Å². The summed E-state index contributed by atoms with van der Waals surface area (Å²) in [4.78, 5) is 23.1. The first kappa shape index (κ1) is 16.7. The van der Waals surface area contributed by atoms with Gasteiger partial charge in [0, 0.05) is 0 Å². The molecule has 5 heteroatoms. The van der Waals surface area contributed by atoms with E-state index < -0.39 is 12.1 Å². The monoisotopic (exact) mass is 259 g/mol. The Bertz CT molecular complexity index is 243. The lowest BCUT2D eigenvalue weighted by atomic mass is 10.1. The molecule has 5 nitrogen and oxygen atoms in total. The predicted molar refractivity (Wildman–Crippen MR) is 69.3 cm³/mol. The van der Waals surface area contributed by atoms with Crippen molar-refractivity contribution in [3.8, 4) is 0 Å². The summed E-state index contributed by atoms with van der Waals surface area (Å²) in [6.45, 7) is 6.61. The molecule has 0 radical (unpaired) electrons. The minimum Gasteiger partial charge on any atom is -0.464 e. The molecule has 0 saturated carbocycles. The fraction of sp³-hybridized carbons (Fsp3) is 0.846. The molecule has 0 bridgehead atoms. The van der Waals surface area contributed by atoms with Crippen LogP contribution in [0, 0.1) is 0 Å². The number of nitrogens with one attached hydrogen (secondary N) is 1. The lowest BCUT2D eigenvalue weighted by Crippen LogP contribution is -2.42. The molecule has 1 N–H and O–H groups in total. The lowest BCUT2D eigenvalue weighted by molar-refractivity contribution is -0.146. The Morgan fingerprint density at radius 2 is 1.61 bits per heavy atom. The summed E-state index contributed by atoms with van der Waals surface area (Å²) < 4.78 is 9.94. The first-order valence-electron chi connectivity index (χ1n) is 6.75. The van der Waals surface area contributed by atoms with Gasteiger partial charge in [0.05, 0.1) is 13.2 Å². The number of amides is 1. The summed E-state index contributed by atoms with van der Waals surface area (Å²) in [5.41, 5.74) is 0. The highest BCUT2D eigenvalue weighted by molar-refractivity contribution is 5.81. The van der Waals surface area contributed by atoms with Crippen LogP contribution >= 0.6 is 0 Å². The Kier molecular flexibility index (Phi) is 10.1. The quantitative estimate of drug-likeness (QED) is 0.646. The maximum absolute atomic E-state index is 11.7. The molecule has 0 rings (SSSR count). The zero-order valence-corrected chi connectivity index (χ0v) is 11.7. The van der Waals surface area contributed by atoms with E-state index in [0.717, 1.165) is 25.7 Å². The minimum absolute atomic E-state index is 0.357. The highest BCUT2D eigenvalue weighted by Gasteiger charge is 2.22. The Balaban J connectivity index is 4.19. The van der Waals surface area contributed by atoms with Crippen molar-refractivity contribution in [2.45, 2.75) is 58.9 Å². The number of esters is 1. The van der Waals surface area contributed by atoms with Crippen molar-refractivity contribution in [2.75, 3.05) is 13.2 Å². The van der Waals surface area contributed by atoms with Gasteiger partial charge in [-0.25, -0.2) is 9.59 Å². The average molecular weight is 259 g/mol. The van der Waals surface area contributed by atoms with E-state index in [1.54, 1.807) is 0 Å². The topological polar surface area (TPSA) is 64.6 Å².